The normalized spacial score (nSPS) is 13.0. The van der Waals surface area contributed by atoms with Crippen LogP contribution in [-0.2, 0) is 4.79 Å². The molecule has 0 aromatic rings. The lowest BCUT2D eigenvalue weighted by Crippen LogP contribution is -2.45. The van der Waals surface area contributed by atoms with Gasteiger partial charge in [0.05, 0.1) is 18.8 Å². The van der Waals surface area contributed by atoms with Crippen LogP contribution in [0, 0.1) is 0 Å². The van der Waals surface area contributed by atoms with Crippen LogP contribution in [0.1, 0.15) is 245 Å². The summed E-state index contributed by atoms with van der Waals surface area (Å²) in [6, 6.07) is -0.615. The molecule has 1 amide bonds. The third-order valence-electron chi connectivity index (χ3n) is 10.3. The first-order chi connectivity index (χ1) is 23.7. The molecule has 0 aromatic carbocycles. The molecule has 0 bridgehead atoms. The number of hydrogen-bond acceptors (Lipinski definition) is 3. The average molecular weight is 678 g/mol. The third kappa shape index (κ3) is 36.4. The maximum atomic E-state index is 12.3. The van der Waals surface area contributed by atoms with Crippen molar-refractivity contribution in [2.45, 2.75) is 257 Å². The minimum absolute atomic E-state index is 0.0606. The summed E-state index contributed by atoms with van der Waals surface area (Å²) in [4.78, 5) is 12.3. The Bertz CT molecular complexity index is 651. The molecule has 0 unspecified atom stereocenters. The summed E-state index contributed by atoms with van der Waals surface area (Å²) in [6.45, 7) is 4.31. The van der Waals surface area contributed by atoms with Crippen molar-refractivity contribution in [2.75, 3.05) is 6.61 Å². The lowest BCUT2D eigenvalue weighted by atomic mass is 10.0. The highest BCUT2D eigenvalue weighted by Gasteiger charge is 2.17. The summed E-state index contributed by atoms with van der Waals surface area (Å²) in [5, 5.41) is 22.9. The first-order valence-electron chi connectivity index (χ1n) is 21.9. The van der Waals surface area contributed by atoms with Gasteiger partial charge in [0.25, 0.3) is 0 Å². The second-order valence-corrected chi connectivity index (χ2v) is 15.1. The van der Waals surface area contributed by atoms with Crippen LogP contribution in [0.5, 0.6) is 0 Å². The van der Waals surface area contributed by atoms with E-state index >= 15 is 0 Å². The number of allylic oxidation sites excluding steroid dienone is 1. The van der Waals surface area contributed by atoms with Crippen molar-refractivity contribution >= 4 is 5.91 Å². The predicted octanol–water partition coefficient (Wildman–Crippen LogP) is 13.5. The lowest BCUT2D eigenvalue weighted by molar-refractivity contribution is -0.123. The first kappa shape index (κ1) is 47.1. The monoisotopic (exact) mass is 678 g/mol. The SMILES string of the molecule is CCCCCCCCCCC/C=C/[C@@H](O)[C@H](CO)NC(=O)CCCCCCCCCCCCCCCCCCCCCCCCCCC. The minimum Gasteiger partial charge on any atom is -0.394 e. The Balaban J connectivity index is 3.44. The van der Waals surface area contributed by atoms with E-state index in [1.54, 1.807) is 6.08 Å². The molecule has 286 valence electrons. The molecular weight excluding hydrogens is 590 g/mol. The zero-order valence-electron chi connectivity index (χ0n) is 32.8. The molecule has 0 heterocycles. The van der Waals surface area contributed by atoms with Crippen molar-refractivity contribution < 1.29 is 15.0 Å². The van der Waals surface area contributed by atoms with Crippen molar-refractivity contribution in [1.29, 1.82) is 0 Å². The Morgan fingerprint density at radius 2 is 0.771 bits per heavy atom. The van der Waals surface area contributed by atoms with E-state index in [1.165, 1.54) is 199 Å². The van der Waals surface area contributed by atoms with Crippen molar-refractivity contribution in [3.8, 4) is 0 Å². The van der Waals surface area contributed by atoms with E-state index in [1.807, 2.05) is 6.08 Å². The molecule has 0 radical (unpaired) electrons. The highest BCUT2D eigenvalue weighted by molar-refractivity contribution is 5.76. The number of carbonyl (C=O) groups excluding carboxylic acids is 1. The van der Waals surface area contributed by atoms with Crippen molar-refractivity contribution in [1.82, 2.24) is 5.32 Å². The summed E-state index contributed by atoms with van der Waals surface area (Å²) in [7, 11) is 0. The second-order valence-electron chi connectivity index (χ2n) is 15.1. The van der Waals surface area contributed by atoms with E-state index in [0.717, 1.165) is 25.7 Å². The summed E-state index contributed by atoms with van der Waals surface area (Å²) in [5.41, 5.74) is 0. The van der Waals surface area contributed by atoms with Crippen LogP contribution in [0.3, 0.4) is 0 Å². The third-order valence-corrected chi connectivity index (χ3v) is 10.3. The maximum Gasteiger partial charge on any atom is 0.220 e. The van der Waals surface area contributed by atoms with Crippen molar-refractivity contribution in [3.63, 3.8) is 0 Å². The standard InChI is InChI=1S/C44H87NO3/c1-3-5-7-9-11-13-15-16-17-18-19-20-21-22-23-24-25-26-27-28-30-32-34-36-38-40-44(48)45-42(41-46)43(47)39-37-35-33-31-29-14-12-10-8-6-4-2/h37,39,42-43,46-47H,3-36,38,40-41H2,1-2H3,(H,45,48)/b39-37+/t42-,43+/m0/s1. The Hall–Kier alpha value is -0.870. The molecule has 48 heavy (non-hydrogen) atoms. The Morgan fingerprint density at radius 1 is 0.479 bits per heavy atom. The lowest BCUT2D eigenvalue weighted by Gasteiger charge is -2.20. The average Bonchev–Trinajstić information content (AvgIpc) is 3.09. The molecule has 0 aliphatic heterocycles. The van der Waals surface area contributed by atoms with Gasteiger partial charge in [-0.25, -0.2) is 0 Å². The Labute approximate surface area is 301 Å². The molecule has 0 saturated carbocycles. The second kappa shape index (κ2) is 40.6. The topological polar surface area (TPSA) is 69.6 Å². The summed E-state index contributed by atoms with van der Waals surface area (Å²) >= 11 is 0. The number of hydrogen-bond donors (Lipinski definition) is 3. The molecule has 0 saturated heterocycles. The van der Waals surface area contributed by atoms with Gasteiger partial charge in [-0.3, -0.25) is 4.79 Å². The molecule has 2 atom stereocenters. The fourth-order valence-electron chi connectivity index (χ4n) is 6.89. The molecule has 0 aromatic heterocycles. The predicted molar refractivity (Wildman–Crippen MR) is 212 cm³/mol. The van der Waals surface area contributed by atoms with Crippen LogP contribution < -0.4 is 5.32 Å². The molecule has 0 spiro atoms. The van der Waals surface area contributed by atoms with Gasteiger partial charge in [0, 0.05) is 6.42 Å². The number of nitrogens with one attached hydrogen (secondary N) is 1. The molecule has 0 aliphatic rings. The smallest absolute Gasteiger partial charge is 0.220 e. The van der Waals surface area contributed by atoms with Gasteiger partial charge < -0.3 is 15.5 Å². The van der Waals surface area contributed by atoms with E-state index in [9.17, 15) is 15.0 Å². The highest BCUT2D eigenvalue weighted by Crippen LogP contribution is 2.16. The van der Waals surface area contributed by atoms with Crippen molar-refractivity contribution in [3.05, 3.63) is 12.2 Å². The fourth-order valence-corrected chi connectivity index (χ4v) is 6.89. The van der Waals surface area contributed by atoms with Crippen LogP contribution >= 0.6 is 0 Å². The van der Waals surface area contributed by atoms with Gasteiger partial charge >= 0.3 is 0 Å². The summed E-state index contributed by atoms with van der Waals surface area (Å²) in [6.07, 6.45) is 50.4. The number of unbranched alkanes of at least 4 members (excludes halogenated alkanes) is 33. The number of aliphatic hydroxyl groups is 2. The molecule has 0 fully saturated rings. The number of aliphatic hydroxyl groups excluding tert-OH is 2. The zero-order chi connectivity index (χ0) is 35.0. The van der Waals surface area contributed by atoms with E-state index < -0.39 is 12.1 Å². The number of rotatable bonds is 40. The largest absolute Gasteiger partial charge is 0.394 e. The van der Waals surface area contributed by atoms with E-state index in [4.69, 9.17) is 0 Å². The molecule has 0 rings (SSSR count). The van der Waals surface area contributed by atoms with Gasteiger partial charge in [0.1, 0.15) is 0 Å². The number of amides is 1. The molecular formula is C44H87NO3. The van der Waals surface area contributed by atoms with Crippen LogP contribution in [0.2, 0.25) is 0 Å². The molecule has 4 nitrogen and oxygen atoms in total. The van der Waals surface area contributed by atoms with Crippen LogP contribution in [0.15, 0.2) is 12.2 Å². The summed E-state index contributed by atoms with van der Waals surface area (Å²) in [5.74, 6) is -0.0606. The van der Waals surface area contributed by atoms with Gasteiger partial charge in [0.2, 0.25) is 5.91 Å². The quantitative estimate of drug-likeness (QED) is 0.0446. The van der Waals surface area contributed by atoms with Crippen LogP contribution in [0.4, 0.5) is 0 Å². The van der Waals surface area contributed by atoms with Gasteiger partial charge in [0.15, 0.2) is 0 Å². The van der Waals surface area contributed by atoms with E-state index in [0.29, 0.717) is 6.42 Å². The molecule has 3 N–H and O–H groups in total. The molecule has 4 heteroatoms. The fraction of sp³-hybridized carbons (Fsp3) is 0.932. The minimum atomic E-state index is -0.832. The maximum absolute atomic E-state index is 12.3. The zero-order valence-corrected chi connectivity index (χ0v) is 32.8. The van der Waals surface area contributed by atoms with Crippen molar-refractivity contribution in [2.24, 2.45) is 0 Å². The van der Waals surface area contributed by atoms with Crippen LogP contribution in [-0.4, -0.2) is 34.9 Å². The first-order valence-corrected chi connectivity index (χ1v) is 21.9. The number of carbonyl (C=O) groups is 1. The van der Waals surface area contributed by atoms with Gasteiger partial charge in [-0.1, -0.05) is 231 Å². The van der Waals surface area contributed by atoms with Gasteiger partial charge in [-0.15, -0.1) is 0 Å². The van der Waals surface area contributed by atoms with Gasteiger partial charge in [-0.05, 0) is 19.3 Å². The molecule has 0 aliphatic carbocycles. The van der Waals surface area contributed by atoms with Gasteiger partial charge in [-0.2, -0.15) is 0 Å². The Kier molecular flexibility index (Phi) is 39.8. The summed E-state index contributed by atoms with van der Waals surface area (Å²) < 4.78 is 0. The van der Waals surface area contributed by atoms with E-state index in [-0.39, 0.29) is 12.5 Å². The Morgan fingerprint density at radius 3 is 1.08 bits per heavy atom. The van der Waals surface area contributed by atoms with E-state index in [2.05, 4.69) is 19.2 Å². The highest BCUT2D eigenvalue weighted by atomic mass is 16.3. The van der Waals surface area contributed by atoms with Crippen LogP contribution in [0.25, 0.3) is 0 Å².